The summed E-state index contributed by atoms with van der Waals surface area (Å²) in [5.74, 6) is -6.10. The Morgan fingerprint density at radius 1 is 0.907 bits per heavy atom. The molecule has 2 atom stereocenters. The molecule has 7 rings (SSSR count). The number of nitrogens with one attached hydrogen (secondary N) is 2. The Morgan fingerprint density at radius 3 is 2.26 bits per heavy atom. The molecule has 43 heavy (non-hydrogen) atoms. The Balaban J connectivity index is 1.12. The van der Waals surface area contributed by atoms with Gasteiger partial charge in [0, 0.05) is 50.4 Å². The normalized spacial score (nSPS) is 23.4. The van der Waals surface area contributed by atoms with Crippen molar-refractivity contribution in [3.05, 3.63) is 41.2 Å². The summed E-state index contributed by atoms with van der Waals surface area (Å²) >= 11 is 0. The van der Waals surface area contributed by atoms with Crippen LogP contribution in [0.4, 0.5) is 17.6 Å². The second-order valence-corrected chi connectivity index (χ2v) is 12.9. The van der Waals surface area contributed by atoms with Crippen molar-refractivity contribution in [3.8, 4) is 0 Å². The summed E-state index contributed by atoms with van der Waals surface area (Å²) in [5.41, 5.74) is 1.70. The maximum atomic E-state index is 14.0. The monoisotopic (exact) mass is 603 g/mol. The van der Waals surface area contributed by atoms with Crippen LogP contribution in [0, 0.1) is 17.8 Å². The predicted octanol–water partition coefficient (Wildman–Crippen LogP) is 5.29. The van der Waals surface area contributed by atoms with Gasteiger partial charge >= 0.3 is 0 Å². The lowest BCUT2D eigenvalue weighted by atomic mass is 9.79. The molecule has 2 amide bonds. The average molecular weight is 604 g/mol. The van der Waals surface area contributed by atoms with Crippen LogP contribution in [0.1, 0.15) is 116 Å². The van der Waals surface area contributed by atoms with Gasteiger partial charge in [-0.15, -0.1) is 0 Å². The minimum Gasteiger partial charge on any atom is -0.347 e. The fourth-order valence-corrected chi connectivity index (χ4v) is 6.53. The van der Waals surface area contributed by atoms with Crippen LogP contribution >= 0.6 is 0 Å². The third-order valence-electron chi connectivity index (χ3n) is 9.28. The number of hydrogen-bond acceptors (Lipinski definition) is 7. The van der Waals surface area contributed by atoms with Crippen LogP contribution in [0.25, 0.3) is 5.78 Å². The Kier molecular flexibility index (Phi) is 6.92. The van der Waals surface area contributed by atoms with E-state index in [1.165, 1.54) is 0 Å². The molecule has 0 saturated heterocycles. The van der Waals surface area contributed by atoms with Crippen LogP contribution in [-0.2, 0) is 4.79 Å². The molecule has 3 heterocycles. The lowest BCUT2D eigenvalue weighted by molar-refractivity contribution is -0.134. The number of aromatic nitrogens is 5. The van der Waals surface area contributed by atoms with E-state index in [4.69, 9.17) is 14.6 Å². The van der Waals surface area contributed by atoms with Gasteiger partial charge in [-0.2, -0.15) is 0 Å². The van der Waals surface area contributed by atoms with Crippen LogP contribution < -0.4 is 10.6 Å². The summed E-state index contributed by atoms with van der Waals surface area (Å²) in [4.78, 5) is 35.5. The van der Waals surface area contributed by atoms with Gasteiger partial charge in [0.25, 0.3) is 5.91 Å². The van der Waals surface area contributed by atoms with Gasteiger partial charge in [-0.05, 0) is 67.5 Å². The second-order valence-electron chi connectivity index (χ2n) is 12.9. The third-order valence-corrected chi connectivity index (χ3v) is 9.28. The number of fused-ring (bicyclic) bond motifs is 1. The first kappa shape index (κ1) is 28.2. The molecule has 0 aliphatic heterocycles. The van der Waals surface area contributed by atoms with Crippen LogP contribution in [0.5, 0.6) is 0 Å². The van der Waals surface area contributed by atoms with E-state index in [1.807, 2.05) is 0 Å². The quantitative estimate of drug-likeness (QED) is 0.302. The first-order chi connectivity index (χ1) is 20.5. The molecule has 4 aliphatic carbocycles. The molecule has 4 aliphatic rings. The Hall–Kier alpha value is -3.58. The highest BCUT2D eigenvalue weighted by molar-refractivity contribution is 5.93. The highest BCUT2D eigenvalue weighted by Crippen LogP contribution is 2.45. The van der Waals surface area contributed by atoms with Crippen molar-refractivity contribution in [2.24, 2.45) is 17.8 Å². The number of hydrogen-bond donors (Lipinski definition) is 2. The van der Waals surface area contributed by atoms with Crippen LogP contribution in [0.15, 0.2) is 23.1 Å². The SMILES string of the molecule is O=C(CC1CC(F)(F)C1)NC(c1ccn2cc([C@@H](NC(=O)c3nonc3C3CC3)C3CCC(F)(F)CC3)nc2n1)C1CC1. The first-order valence-electron chi connectivity index (χ1n) is 15.1. The number of halogens is 4. The molecular weight excluding hydrogens is 570 g/mol. The van der Waals surface area contributed by atoms with E-state index in [-0.39, 0.29) is 86.3 Å². The standard InChI is InChI=1S/C29H33F4N7O3/c30-28(31)8-5-18(6-9-28)23(37-26(42)25-24(17-3-4-17)38-43-39-25)20-14-40-10-7-19(34-27(40)35-20)22(16-1-2-16)36-21(41)11-15-12-29(32,33)13-15/h7,10,14-18,22-23H,1-6,8-9,11-13H2,(H,36,41)(H,37,42)/t22?,23-/m0/s1. The summed E-state index contributed by atoms with van der Waals surface area (Å²) in [5, 5.41) is 13.7. The molecule has 4 saturated carbocycles. The summed E-state index contributed by atoms with van der Waals surface area (Å²) in [7, 11) is 0. The van der Waals surface area contributed by atoms with Gasteiger partial charge in [0.05, 0.1) is 23.5 Å². The lowest BCUT2D eigenvalue weighted by Gasteiger charge is -2.34. The molecule has 3 aromatic heterocycles. The topological polar surface area (TPSA) is 127 Å². The molecule has 2 N–H and O–H groups in total. The average Bonchev–Trinajstić information content (AvgIpc) is 3.87. The fourth-order valence-electron chi connectivity index (χ4n) is 6.53. The molecule has 4 fully saturated rings. The number of carbonyl (C=O) groups is 2. The highest BCUT2D eigenvalue weighted by Gasteiger charge is 2.46. The van der Waals surface area contributed by atoms with Gasteiger partial charge in [0.1, 0.15) is 5.69 Å². The van der Waals surface area contributed by atoms with Crippen molar-refractivity contribution in [2.45, 2.75) is 100 Å². The number of amides is 2. The van der Waals surface area contributed by atoms with Crippen molar-refractivity contribution in [1.29, 1.82) is 0 Å². The largest absolute Gasteiger partial charge is 0.347 e. The van der Waals surface area contributed by atoms with Gasteiger partial charge in [-0.25, -0.2) is 32.2 Å². The first-order valence-corrected chi connectivity index (χ1v) is 15.1. The molecule has 0 aromatic carbocycles. The van der Waals surface area contributed by atoms with Crippen LogP contribution in [0.3, 0.4) is 0 Å². The molecular formula is C29H33F4N7O3. The minimum atomic E-state index is -2.74. The molecule has 14 heteroatoms. The Labute approximate surface area is 244 Å². The predicted molar refractivity (Wildman–Crippen MR) is 142 cm³/mol. The summed E-state index contributed by atoms with van der Waals surface area (Å²) < 4.78 is 61.1. The maximum Gasteiger partial charge on any atom is 0.276 e. The number of imidazole rings is 1. The minimum absolute atomic E-state index is 0.0554. The van der Waals surface area contributed by atoms with Crippen LogP contribution in [0.2, 0.25) is 0 Å². The zero-order chi connectivity index (χ0) is 29.9. The van der Waals surface area contributed by atoms with Gasteiger partial charge < -0.3 is 10.6 Å². The van der Waals surface area contributed by atoms with Crippen molar-refractivity contribution in [3.63, 3.8) is 0 Å². The van der Waals surface area contributed by atoms with E-state index >= 15 is 0 Å². The van der Waals surface area contributed by atoms with Crippen molar-refractivity contribution in [2.75, 3.05) is 0 Å². The van der Waals surface area contributed by atoms with E-state index in [1.54, 1.807) is 22.9 Å². The molecule has 0 radical (unpaired) electrons. The zero-order valence-corrected chi connectivity index (χ0v) is 23.4. The zero-order valence-electron chi connectivity index (χ0n) is 23.4. The third kappa shape index (κ3) is 6.10. The molecule has 3 aromatic rings. The number of rotatable bonds is 10. The number of carbonyl (C=O) groups excluding carboxylic acids is 2. The Morgan fingerprint density at radius 2 is 1.58 bits per heavy atom. The van der Waals surface area contributed by atoms with Crippen molar-refractivity contribution in [1.82, 2.24) is 35.3 Å². The molecule has 230 valence electrons. The van der Waals surface area contributed by atoms with Gasteiger partial charge in [-0.1, -0.05) is 5.16 Å². The molecule has 0 bridgehead atoms. The van der Waals surface area contributed by atoms with E-state index in [0.29, 0.717) is 22.9 Å². The number of alkyl halides is 4. The fraction of sp³-hybridized carbons (Fsp3) is 0.655. The summed E-state index contributed by atoms with van der Waals surface area (Å²) in [6.07, 6.45) is 6.51. The van der Waals surface area contributed by atoms with Crippen LogP contribution in [-0.4, -0.2) is 48.3 Å². The van der Waals surface area contributed by atoms with Gasteiger partial charge in [0.2, 0.25) is 23.5 Å². The Bertz CT molecular complexity index is 1520. The maximum absolute atomic E-state index is 14.0. The van der Waals surface area contributed by atoms with E-state index in [0.717, 1.165) is 25.7 Å². The summed E-state index contributed by atoms with van der Waals surface area (Å²) in [6, 6.07) is 0.753. The molecule has 1 unspecified atom stereocenters. The van der Waals surface area contributed by atoms with E-state index in [2.05, 4.69) is 20.9 Å². The second kappa shape index (κ2) is 10.5. The van der Waals surface area contributed by atoms with Crippen molar-refractivity contribution >= 4 is 17.6 Å². The van der Waals surface area contributed by atoms with Crippen molar-refractivity contribution < 1.29 is 31.8 Å². The van der Waals surface area contributed by atoms with E-state index in [9.17, 15) is 27.2 Å². The smallest absolute Gasteiger partial charge is 0.276 e. The van der Waals surface area contributed by atoms with Gasteiger partial charge in [-0.3, -0.25) is 14.0 Å². The molecule has 0 spiro atoms. The van der Waals surface area contributed by atoms with E-state index < -0.39 is 23.8 Å². The van der Waals surface area contributed by atoms with Gasteiger partial charge in [0.15, 0.2) is 5.69 Å². The molecule has 10 nitrogen and oxygen atoms in total. The lowest BCUT2D eigenvalue weighted by Crippen LogP contribution is -2.39. The summed E-state index contributed by atoms with van der Waals surface area (Å²) in [6.45, 7) is 0. The number of nitrogens with zero attached hydrogens (tertiary/aromatic N) is 5. The highest BCUT2D eigenvalue weighted by atomic mass is 19.3.